The molecule has 1 aliphatic rings. The van der Waals surface area contributed by atoms with Crippen LogP contribution >= 0.6 is 0 Å². The summed E-state index contributed by atoms with van der Waals surface area (Å²) in [5.41, 5.74) is 2.90. The van der Waals surface area contributed by atoms with E-state index in [1.807, 2.05) is 0 Å². The van der Waals surface area contributed by atoms with Gasteiger partial charge in [0, 0.05) is 0 Å². The van der Waals surface area contributed by atoms with E-state index in [4.69, 9.17) is 0 Å². The maximum atomic E-state index is 2.53. The minimum absolute atomic E-state index is 0.0338. The van der Waals surface area contributed by atoms with Crippen molar-refractivity contribution in [3.8, 4) is 0 Å². The van der Waals surface area contributed by atoms with Gasteiger partial charge in [-0.2, -0.15) is 0 Å². The first-order valence-electron chi connectivity index (χ1n) is 9.19. The van der Waals surface area contributed by atoms with Gasteiger partial charge in [0.05, 0.1) is 0 Å². The van der Waals surface area contributed by atoms with Gasteiger partial charge in [-0.05, 0) is 0 Å². The van der Waals surface area contributed by atoms with Gasteiger partial charge in [0.15, 0.2) is 0 Å². The first kappa shape index (κ1) is 18.0. The second kappa shape index (κ2) is 6.62. The molecule has 0 saturated heterocycles. The van der Waals surface area contributed by atoms with Gasteiger partial charge in [-0.3, -0.25) is 0 Å². The van der Waals surface area contributed by atoms with Gasteiger partial charge in [-0.25, -0.2) is 0 Å². The maximum absolute atomic E-state index is 2.53. The summed E-state index contributed by atoms with van der Waals surface area (Å²) in [7, 11) is -1.03. The molecule has 0 amide bonds. The number of fused-ring (bicyclic) bond motifs is 2. The van der Waals surface area contributed by atoms with Crippen molar-refractivity contribution in [1.29, 1.82) is 0 Å². The fourth-order valence-electron chi connectivity index (χ4n) is 3.40. The van der Waals surface area contributed by atoms with Crippen LogP contribution < -0.4 is 0 Å². The van der Waals surface area contributed by atoms with E-state index >= 15 is 0 Å². The van der Waals surface area contributed by atoms with Gasteiger partial charge in [-0.1, -0.05) is 0 Å². The molecular formula is C24H26PtSi. The zero-order valence-electron chi connectivity index (χ0n) is 16.0. The van der Waals surface area contributed by atoms with E-state index in [9.17, 15) is 0 Å². The van der Waals surface area contributed by atoms with Crippen molar-refractivity contribution < 1.29 is 18.6 Å². The topological polar surface area (TPSA) is 0 Å². The van der Waals surface area contributed by atoms with Crippen molar-refractivity contribution >= 4 is 29.6 Å². The molecule has 4 rings (SSSR count). The molecule has 3 aromatic carbocycles. The minimum atomic E-state index is -1.03. The fourth-order valence-corrected chi connectivity index (χ4v) is 11.6. The third-order valence-electron chi connectivity index (χ3n) is 4.71. The predicted octanol–water partition coefficient (Wildman–Crippen LogP) is 7.08. The Hall–Kier alpha value is -1.43. The summed E-state index contributed by atoms with van der Waals surface area (Å²) in [6.07, 6.45) is 7.34. The Morgan fingerprint density at radius 3 is 2.12 bits per heavy atom. The molecule has 1 atom stereocenters. The average Bonchev–Trinajstić information content (AvgIpc) is 2.99. The van der Waals surface area contributed by atoms with E-state index in [2.05, 4.69) is 99.4 Å². The Balaban J connectivity index is 1.82. The molecule has 2 heteroatoms. The van der Waals surface area contributed by atoms with E-state index in [0.717, 1.165) is 0 Å². The molecule has 1 unspecified atom stereocenters. The summed E-state index contributed by atoms with van der Waals surface area (Å²) in [6, 6.07) is 20.5. The average molecular weight is 538 g/mol. The summed E-state index contributed by atoms with van der Waals surface area (Å²) in [5, 5.41) is 5.36. The molecule has 0 spiro atoms. The fraction of sp³-hybridized carbons (Fsp3) is 0.250. The van der Waals surface area contributed by atoms with E-state index in [1.165, 1.54) is 37.1 Å². The summed E-state index contributed by atoms with van der Waals surface area (Å²) < 4.78 is 1.64. The van der Waals surface area contributed by atoms with Crippen LogP contribution in [0.4, 0.5) is 0 Å². The molecule has 0 aliphatic heterocycles. The Morgan fingerprint density at radius 2 is 1.50 bits per heavy atom. The van der Waals surface area contributed by atoms with E-state index < -0.39 is 8.07 Å². The zero-order chi connectivity index (χ0) is 18.4. The summed E-state index contributed by atoms with van der Waals surface area (Å²) in [5.74, 6) is 0. The van der Waals surface area contributed by atoms with Crippen molar-refractivity contribution in [3.05, 3.63) is 84.0 Å². The molecule has 0 bridgehead atoms. The standard InChI is InChI=1S/C20H15.C4H11Si.Pt/c1-14-6-7-17(10-14)18-8-9-19-11-15-4-2-3-5-16(15)12-20(19)13-18;1-5(2,3)4;/h2-13H,1H3;1H2,2-4H3;. The van der Waals surface area contributed by atoms with Crippen LogP contribution in [-0.4, -0.2) is 8.07 Å². The van der Waals surface area contributed by atoms with Crippen LogP contribution in [0, 0.1) is 0 Å². The van der Waals surface area contributed by atoms with Crippen molar-refractivity contribution in [2.45, 2.75) is 34.8 Å². The van der Waals surface area contributed by atoms with E-state index in [-0.39, 0.29) is 22.4 Å². The van der Waals surface area contributed by atoms with Gasteiger partial charge in [0.1, 0.15) is 0 Å². The Morgan fingerprint density at radius 1 is 0.846 bits per heavy atom. The van der Waals surface area contributed by atoms with Crippen molar-refractivity contribution in [2.75, 3.05) is 0 Å². The number of rotatable bonds is 4. The van der Waals surface area contributed by atoms with Gasteiger partial charge < -0.3 is 0 Å². The third kappa shape index (κ3) is 3.52. The quantitative estimate of drug-likeness (QED) is 0.246. The van der Waals surface area contributed by atoms with Gasteiger partial charge >= 0.3 is 167 Å². The molecule has 0 N–H and O–H groups in total. The molecule has 26 heavy (non-hydrogen) atoms. The molecule has 0 fully saturated rings. The summed E-state index contributed by atoms with van der Waals surface area (Å²) >= 11 is 0.0338. The Kier molecular flexibility index (Phi) is 4.57. The second-order valence-corrected chi connectivity index (χ2v) is 18.9. The molecule has 3 aromatic rings. The molecule has 136 valence electrons. The van der Waals surface area contributed by atoms with E-state index in [1.54, 1.807) is 0 Å². The first-order valence-corrected chi connectivity index (χ1v) is 15.6. The molecule has 1 aliphatic carbocycles. The number of hydrogen-bond acceptors (Lipinski definition) is 0. The second-order valence-electron chi connectivity index (χ2n) is 8.48. The Bertz CT molecular complexity index is 1040. The van der Waals surface area contributed by atoms with Gasteiger partial charge in [0.2, 0.25) is 0 Å². The van der Waals surface area contributed by atoms with Crippen molar-refractivity contribution in [2.24, 2.45) is 0 Å². The van der Waals surface area contributed by atoms with Gasteiger partial charge in [-0.15, -0.1) is 0 Å². The van der Waals surface area contributed by atoms with E-state index in [0.29, 0.717) is 0 Å². The van der Waals surface area contributed by atoms with Crippen LogP contribution in [0.1, 0.15) is 12.5 Å². The number of hydrogen-bond donors (Lipinski definition) is 0. The number of benzene rings is 3. The van der Waals surface area contributed by atoms with Crippen molar-refractivity contribution in [1.82, 2.24) is 0 Å². The molecule has 0 heterocycles. The van der Waals surface area contributed by atoms with Crippen molar-refractivity contribution in [3.63, 3.8) is 0 Å². The van der Waals surface area contributed by atoms with Crippen LogP contribution in [0.5, 0.6) is 0 Å². The summed E-state index contributed by atoms with van der Waals surface area (Å²) in [6.45, 7) is 9.75. The Labute approximate surface area is 166 Å². The monoisotopic (exact) mass is 537 g/mol. The molecule has 0 radical (unpaired) electrons. The molecular weight excluding hydrogens is 511 g/mol. The number of allylic oxidation sites excluding steroid dienone is 4. The molecule has 0 nitrogen and oxygen atoms in total. The zero-order valence-corrected chi connectivity index (χ0v) is 19.2. The normalized spacial score (nSPS) is 20.2. The van der Waals surface area contributed by atoms with Gasteiger partial charge in [0.25, 0.3) is 0 Å². The van der Waals surface area contributed by atoms with Crippen LogP contribution in [0.2, 0.25) is 24.1 Å². The predicted molar refractivity (Wildman–Crippen MR) is 114 cm³/mol. The summed E-state index contributed by atoms with van der Waals surface area (Å²) in [4.78, 5) is 0. The van der Waals surface area contributed by atoms with Crippen LogP contribution in [-0.2, 0) is 22.4 Å². The first-order chi connectivity index (χ1) is 12.3. The van der Waals surface area contributed by atoms with Crippen LogP contribution in [0.25, 0.3) is 21.5 Å². The van der Waals surface area contributed by atoms with Crippen LogP contribution in [0.3, 0.4) is 0 Å². The van der Waals surface area contributed by atoms with Crippen LogP contribution in [0.15, 0.2) is 78.4 Å². The molecule has 0 aromatic heterocycles. The SMILES string of the molecule is CC1=C[C]([Pt][CH2][Si](C)(C)C)(c2ccc3cc4ccccc4cc3c2)C=C1. The third-order valence-corrected chi connectivity index (χ3v) is 16.6. The molecule has 0 saturated carbocycles.